The number of carbonyl (C=O) groups is 2. The molecule has 3 atom stereocenters. The number of nitrogens with zero attached hydrogens (tertiary/aromatic N) is 5. The molecule has 0 saturated carbocycles. The molecule has 2 aromatic heterocycles. The van der Waals surface area contributed by atoms with E-state index in [1.165, 1.54) is 24.1 Å². The van der Waals surface area contributed by atoms with E-state index >= 15 is 0 Å². The van der Waals surface area contributed by atoms with Crippen molar-refractivity contribution in [1.82, 2.24) is 15.0 Å². The van der Waals surface area contributed by atoms with Gasteiger partial charge in [0.25, 0.3) is 0 Å². The molecule has 10 nitrogen and oxygen atoms in total. The number of amides is 2. The highest BCUT2D eigenvalue weighted by atomic mass is 19.1. The highest BCUT2D eigenvalue weighted by Gasteiger charge is 2.39. The minimum absolute atomic E-state index is 0.0470. The summed E-state index contributed by atoms with van der Waals surface area (Å²) in [7, 11) is 0. The molecule has 1 aromatic carbocycles. The molecule has 0 aliphatic carbocycles. The lowest BCUT2D eigenvalue weighted by Crippen LogP contribution is -2.39. The van der Waals surface area contributed by atoms with Crippen molar-refractivity contribution < 1.29 is 18.7 Å². The summed E-state index contributed by atoms with van der Waals surface area (Å²) in [5.41, 5.74) is 3.99. The number of hydrogen-bond acceptors (Lipinski definition) is 8. The molecule has 1 fully saturated rings. The number of halogens is 1. The van der Waals surface area contributed by atoms with Crippen LogP contribution in [0.1, 0.15) is 36.7 Å². The van der Waals surface area contributed by atoms with Crippen LogP contribution in [0, 0.1) is 18.3 Å². The van der Waals surface area contributed by atoms with Crippen molar-refractivity contribution in [2.75, 3.05) is 22.1 Å². The molecule has 0 radical (unpaired) electrons. The van der Waals surface area contributed by atoms with E-state index in [0.717, 1.165) is 22.8 Å². The summed E-state index contributed by atoms with van der Waals surface area (Å²) < 4.78 is 19.0. The van der Waals surface area contributed by atoms with Crippen molar-refractivity contribution in [2.45, 2.75) is 39.0 Å². The van der Waals surface area contributed by atoms with Crippen LogP contribution in [-0.4, -0.2) is 45.8 Å². The summed E-state index contributed by atoms with van der Waals surface area (Å²) in [5, 5.41) is 15.3. The maximum Gasteiger partial charge on any atom is 0.416 e. The molecule has 1 aliphatic heterocycles. The fourth-order valence-electron chi connectivity index (χ4n) is 4.09. The molecule has 38 heavy (non-hydrogen) atoms. The molecule has 11 heteroatoms. The molecule has 2 amide bonds. The minimum Gasteiger partial charge on any atom is -0.447 e. The lowest BCUT2D eigenvalue weighted by molar-refractivity contribution is -0.111. The van der Waals surface area contributed by atoms with Gasteiger partial charge < -0.3 is 15.4 Å². The normalized spacial score (nSPS) is 16.2. The van der Waals surface area contributed by atoms with E-state index in [0.29, 0.717) is 16.9 Å². The van der Waals surface area contributed by atoms with Crippen LogP contribution in [0.15, 0.2) is 55.4 Å². The van der Waals surface area contributed by atoms with Gasteiger partial charge in [0.1, 0.15) is 24.6 Å². The van der Waals surface area contributed by atoms with E-state index in [2.05, 4.69) is 38.2 Å². The van der Waals surface area contributed by atoms with Crippen LogP contribution in [-0.2, 0) is 9.53 Å². The van der Waals surface area contributed by atoms with Crippen molar-refractivity contribution in [3.63, 3.8) is 0 Å². The molecule has 3 aromatic rings. The van der Waals surface area contributed by atoms with Gasteiger partial charge in [0.05, 0.1) is 23.4 Å². The van der Waals surface area contributed by atoms with E-state index in [1.54, 1.807) is 24.4 Å². The Balaban J connectivity index is 1.55. The number of aryl methyl sites for hydroxylation is 1. The second kappa shape index (κ2) is 11.0. The molecule has 194 valence electrons. The first-order chi connectivity index (χ1) is 18.2. The fourth-order valence-corrected chi connectivity index (χ4v) is 4.09. The SMILES string of the molecule is C=CC(=O)Nc1cc(C#N)cc(-c2cnc([C@H](C)Nc3nccc(N4C(=O)OC[C@@H]4[C@H](C)F)n3)cc2C)c1. The second-order valence-corrected chi connectivity index (χ2v) is 8.82. The van der Waals surface area contributed by atoms with Crippen molar-refractivity contribution >= 4 is 29.5 Å². The van der Waals surface area contributed by atoms with Gasteiger partial charge >= 0.3 is 6.09 Å². The Hall–Kier alpha value is -4.85. The topological polar surface area (TPSA) is 133 Å². The number of nitrogens with one attached hydrogen (secondary N) is 2. The first-order valence-corrected chi connectivity index (χ1v) is 11.8. The Morgan fingerprint density at radius 1 is 1.32 bits per heavy atom. The first-order valence-electron chi connectivity index (χ1n) is 11.8. The Bertz CT molecular complexity index is 1440. The quantitative estimate of drug-likeness (QED) is 0.413. The highest BCUT2D eigenvalue weighted by molar-refractivity contribution is 5.99. The zero-order valence-corrected chi connectivity index (χ0v) is 21.1. The second-order valence-electron chi connectivity index (χ2n) is 8.82. The maximum absolute atomic E-state index is 14.0. The lowest BCUT2D eigenvalue weighted by Gasteiger charge is -2.22. The number of benzene rings is 1. The summed E-state index contributed by atoms with van der Waals surface area (Å²) in [6, 6.07) is 9.53. The van der Waals surface area contributed by atoms with Crippen molar-refractivity contribution in [3.05, 3.63) is 72.2 Å². The number of hydrogen-bond donors (Lipinski definition) is 2. The molecular formula is C27H26FN7O3. The van der Waals surface area contributed by atoms with Gasteiger partial charge in [0, 0.05) is 23.6 Å². The number of pyridine rings is 1. The van der Waals surface area contributed by atoms with Crippen molar-refractivity contribution in [3.8, 4) is 17.2 Å². The first kappa shape index (κ1) is 26.2. The molecule has 0 unspecified atom stereocenters. The van der Waals surface area contributed by atoms with Crippen LogP contribution in [0.4, 0.5) is 26.6 Å². The Kier molecular flexibility index (Phi) is 7.62. The number of aromatic nitrogens is 3. The van der Waals surface area contributed by atoms with Crippen molar-refractivity contribution in [2.24, 2.45) is 0 Å². The number of rotatable bonds is 8. The van der Waals surface area contributed by atoms with E-state index in [-0.39, 0.29) is 30.3 Å². The van der Waals surface area contributed by atoms with Crippen LogP contribution in [0.5, 0.6) is 0 Å². The number of anilines is 3. The van der Waals surface area contributed by atoms with Crippen LogP contribution < -0.4 is 15.5 Å². The monoisotopic (exact) mass is 515 g/mol. The summed E-state index contributed by atoms with van der Waals surface area (Å²) in [6.45, 7) is 8.57. The number of ether oxygens (including phenoxy) is 1. The van der Waals surface area contributed by atoms with Crippen molar-refractivity contribution in [1.29, 1.82) is 5.26 Å². The molecule has 4 rings (SSSR count). The smallest absolute Gasteiger partial charge is 0.416 e. The Morgan fingerprint density at radius 3 is 2.79 bits per heavy atom. The third-order valence-corrected chi connectivity index (χ3v) is 6.07. The third kappa shape index (κ3) is 5.59. The number of alkyl halides is 1. The van der Waals surface area contributed by atoms with E-state index in [9.17, 15) is 19.2 Å². The highest BCUT2D eigenvalue weighted by Crippen LogP contribution is 2.30. The number of cyclic esters (lactones) is 1. The molecule has 0 spiro atoms. The molecule has 2 N–H and O–H groups in total. The molecule has 1 aliphatic rings. The average molecular weight is 516 g/mol. The summed E-state index contributed by atoms with van der Waals surface area (Å²) >= 11 is 0. The molecule has 0 bridgehead atoms. The molecule has 3 heterocycles. The predicted octanol–water partition coefficient (Wildman–Crippen LogP) is 4.70. The van der Waals surface area contributed by atoms with E-state index in [1.807, 2.05) is 19.9 Å². The minimum atomic E-state index is -1.29. The van der Waals surface area contributed by atoms with Gasteiger partial charge in [-0.25, -0.2) is 14.2 Å². The fraction of sp³-hybridized carbons (Fsp3) is 0.259. The number of carbonyl (C=O) groups excluding carboxylic acids is 2. The van der Waals surface area contributed by atoms with Gasteiger partial charge in [-0.05, 0) is 68.3 Å². The summed E-state index contributed by atoms with van der Waals surface area (Å²) in [6.07, 6.45) is 2.39. The standard InChI is InChI=1S/C27H26FN7O3/c1-5-25(36)33-20-10-18(12-29)9-19(11-20)21-13-31-22(8-15(21)2)17(4)32-26-30-7-6-24(34-26)35-23(16(3)28)14-38-27(35)37/h5-11,13,16-17,23H,1,14H2,2-4H3,(H,33,36)(H,30,32,34)/t16-,17-,23+/m0/s1. The third-order valence-electron chi connectivity index (χ3n) is 6.07. The van der Waals surface area contributed by atoms with Crippen LogP contribution in [0.25, 0.3) is 11.1 Å². The van der Waals surface area contributed by atoms with E-state index in [4.69, 9.17) is 4.74 Å². The van der Waals surface area contributed by atoms with Crippen LogP contribution in [0.3, 0.4) is 0 Å². The van der Waals surface area contributed by atoms with Gasteiger partial charge in [0.15, 0.2) is 0 Å². The van der Waals surface area contributed by atoms with Crippen LogP contribution in [0.2, 0.25) is 0 Å². The lowest BCUT2D eigenvalue weighted by atomic mass is 9.98. The van der Waals surface area contributed by atoms with E-state index < -0.39 is 18.3 Å². The Labute approximate surface area is 219 Å². The Morgan fingerprint density at radius 2 is 2.11 bits per heavy atom. The number of nitriles is 1. The van der Waals surface area contributed by atoms with Gasteiger partial charge in [-0.15, -0.1) is 0 Å². The summed E-state index contributed by atoms with van der Waals surface area (Å²) in [5.74, 6) is 0.106. The molecular weight excluding hydrogens is 489 g/mol. The largest absolute Gasteiger partial charge is 0.447 e. The molecule has 1 saturated heterocycles. The predicted molar refractivity (Wildman–Crippen MR) is 140 cm³/mol. The van der Waals surface area contributed by atoms with Crippen LogP contribution >= 0.6 is 0 Å². The zero-order chi connectivity index (χ0) is 27.4. The van der Waals surface area contributed by atoms with Gasteiger partial charge in [-0.2, -0.15) is 10.2 Å². The average Bonchev–Trinajstić information content (AvgIpc) is 3.30. The maximum atomic E-state index is 14.0. The zero-order valence-electron chi connectivity index (χ0n) is 21.1. The summed E-state index contributed by atoms with van der Waals surface area (Å²) in [4.78, 5) is 38.3. The van der Waals surface area contributed by atoms with Gasteiger partial charge in [-0.1, -0.05) is 6.58 Å². The van der Waals surface area contributed by atoms with Gasteiger partial charge in [0.2, 0.25) is 11.9 Å². The van der Waals surface area contributed by atoms with Gasteiger partial charge in [-0.3, -0.25) is 14.7 Å².